The predicted octanol–water partition coefficient (Wildman–Crippen LogP) is 6.64. The Labute approximate surface area is 263 Å². The minimum atomic E-state index is -4.68. The number of phosphoric acid groups is 1. The minimum absolute atomic E-state index is 0.0240. The number of hydrogen-bond donors (Lipinski definition) is 0. The van der Waals surface area contributed by atoms with Crippen LogP contribution in [0.2, 0.25) is 0 Å². The number of carbonyl (C=O) groups is 2. The summed E-state index contributed by atoms with van der Waals surface area (Å²) in [5.41, 5.74) is 0.576. The number of unbranched alkanes of at least 4 members (excludes halogenated alkanes) is 13. The van der Waals surface area contributed by atoms with E-state index < -0.39 is 32.3 Å². The summed E-state index contributed by atoms with van der Waals surface area (Å²) in [6, 6.07) is 11.2. The van der Waals surface area contributed by atoms with Gasteiger partial charge in [0.1, 0.15) is 6.61 Å². The van der Waals surface area contributed by atoms with Crippen LogP contribution in [0.5, 0.6) is 0 Å². The van der Waals surface area contributed by atoms with Gasteiger partial charge in [0.25, 0.3) is 19.6 Å². The molecular weight excluding hydrogens is 579 g/mol. The van der Waals surface area contributed by atoms with Crippen LogP contribution in [-0.4, -0.2) is 49.2 Å². The molecule has 2 atom stereocenters. The lowest BCUT2D eigenvalue weighted by molar-refractivity contribution is -0.697. The second-order valence-electron chi connectivity index (χ2n) is 11.5. The average Bonchev–Trinajstić information content (AvgIpc) is 3.28. The number of aromatic nitrogens is 1. The maximum absolute atomic E-state index is 13.1. The molecule has 0 bridgehead atoms. The number of amides is 2. The summed E-state index contributed by atoms with van der Waals surface area (Å²) >= 11 is 0. The highest BCUT2D eigenvalue weighted by atomic mass is 31.2. The van der Waals surface area contributed by atoms with E-state index in [0.29, 0.717) is 13.2 Å². The lowest BCUT2D eigenvalue weighted by Gasteiger charge is -2.29. The molecule has 0 radical (unpaired) electrons. The molecule has 1 aromatic heterocycles. The fourth-order valence-corrected chi connectivity index (χ4v) is 6.15. The normalized spacial score (nSPS) is 15.0. The largest absolute Gasteiger partial charge is 0.756 e. The third kappa shape index (κ3) is 12.9. The van der Waals surface area contributed by atoms with Crippen molar-refractivity contribution in [1.29, 1.82) is 0 Å². The van der Waals surface area contributed by atoms with Crippen LogP contribution in [0.25, 0.3) is 0 Å². The molecule has 1 aromatic carbocycles. The van der Waals surface area contributed by atoms with Crippen LogP contribution in [0.15, 0.2) is 54.9 Å². The fraction of sp³-hybridized carbons (Fsp3) is 0.618. The second-order valence-corrected chi connectivity index (χ2v) is 13.0. The first-order valence-corrected chi connectivity index (χ1v) is 18.0. The number of nitrogens with zero attached hydrogens (tertiary/aromatic N) is 2. The van der Waals surface area contributed by atoms with Crippen LogP contribution >= 0.6 is 7.82 Å². The van der Waals surface area contributed by atoms with E-state index in [1.165, 1.54) is 70.6 Å². The van der Waals surface area contributed by atoms with Crippen LogP contribution in [-0.2, 0) is 24.9 Å². The number of benzene rings is 1. The van der Waals surface area contributed by atoms with Crippen molar-refractivity contribution in [1.82, 2.24) is 4.90 Å². The maximum atomic E-state index is 13.1. The van der Waals surface area contributed by atoms with Gasteiger partial charge in [0, 0.05) is 18.7 Å². The Bertz CT molecular complexity index is 1130. The molecule has 0 N–H and O–H groups in total. The molecule has 0 fully saturated rings. The Hall–Kier alpha value is -2.42. The van der Waals surface area contributed by atoms with E-state index in [1.807, 2.05) is 18.2 Å². The Morgan fingerprint density at radius 2 is 1.23 bits per heavy atom. The second kappa shape index (κ2) is 20.6. The third-order valence-corrected chi connectivity index (χ3v) is 8.91. The van der Waals surface area contributed by atoms with Crippen molar-refractivity contribution in [3.8, 4) is 0 Å². The van der Waals surface area contributed by atoms with Crippen LogP contribution in [0.3, 0.4) is 0 Å². The highest BCUT2D eigenvalue weighted by Gasteiger charge is 2.40. The molecule has 44 heavy (non-hydrogen) atoms. The summed E-state index contributed by atoms with van der Waals surface area (Å²) in [7, 11) is -4.68. The average molecular weight is 631 g/mol. The van der Waals surface area contributed by atoms with Gasteiger partial charge < -0.3 is 18.7 Å². The summed E-state index contributed by atoms with van der Waals surface area (Å²) in [6.07, 6.45) is 21.2. The highest BCUT2D eigenvalue weighted by Crippen LogP contribution is 2.39. The SMILES string of the molecule is CCCCCCCCCCCCCCCCOCC(COP(=O)([O-])OCC[n+]1ccccc1)N1C(=O)c2ccccc2C1=O. The summed E-state index contributed by atoms with van der Waals surface area (Å²) in [5, 5.41) is 0. The zero-order valence-corrected chi connectivity index (χ0v) is 27.3. The molecule has 244 valence electrons. The van der Waals surface area contributed by atoms with E-state index in [1.54, 1.807) is 41.2 Å². The molecule has 0 aliphatic carbocycles. The van der Waals surface area contributed by atoms with Crippen LogP contribution in [0.4, 0.5) is 0 Å². The molecule has 2 unspecified atom stereocenters. The van der Waals surface area contributed by atoms with Crippen molar-refractivity contribution in [2.75, 3.05) is 26.4 Å². The quantitative estimate of drug-likeness (QED) is 0.0524. The lowest BCUT2D eigenvalue weighted by Crippen LogP contribution is -2.45. The van der Waals surface area contributed by atoms with Gasteiger partial charge in [-0.15, -0.1) is 0 Å². The van der Waals surface area contributed by atoms with Crippen molar-refractivity contribution in [2.24, 2.45) is 0 Å². The van der Waals surface area contributed by atoms with Gasteiger partial charge in [0.2, 0.25) is 0 Å². The molecule has 1 aliphatic rings. The maximum Gasteiger partial charge on any atom is 0.268 e. The third-order valence-electron chi connectivity index (χ3n) is 7.94. The molecule has 10 heteroatoms. The number of rotatable bonds is 25. The van der Waals surface area contributed by atoms with Crippen molar-refractivity contribution in [2.45, 2.75) is 109 Å². The molecular formula is C34H51N2O7P. The predicted molar refractivity (Wildman–Crippen MR) is 168 cm³/mol. The number of fused-ring (bicyclic) bond motifs is 1. The first-order chi connectivity index (χ1) is 21.4. The lowest BCUT2D eigenvalue weighted by atomic mass is 10.0. The van der Waals surface area contributed by atoms with Gasteiger partial charge in [-0.05, 0) is 18.6 Å². The van der Waals surface area contributed by atoms with E-state index in [-0.39, 0.29) is 24.3 Å². The van der Waals surface area contributed by atoms with Gasteiger partial charge in [-0.1, -0.05) is 109 Å². The van der Waals surface area contributed by atoms with Crippen LogP contribution in [0, 0.1) is 0 Å². The Morgan fingerprint density at radius 3 is 1.77 bits per heavy atom. The number of hydrogen-bond acceptors (Lipinski definition) is 7. The monoisotopic (exact) mass is 630 g/mol. The Morgan fingerprint density at radius 1 is 0.705 bits per heavy atom. The van der Waals surface area contributed by atoms with E-state index in [4.69, 9.17) is 13.8 Å². The van der Waals surface area contributed by atoms with Gasteiger partial charge in [-0.3, -0.25) is 19.1 Å². The molecule has 0 saturated heterocycles. The van der Waals surface area contributed by atoms with E-state index in [9.17, 15) is 19.0 Å². The highest BCUT2D eigenvalue weighted by molar-refractivity contribution is 7.45. The van der Waals surface area contributed by atoms with E-state index in [0.717, 1.165) is 24.2 Å². The zero-order valence-electron chi connectivity index (χ0n) is 26.4. The van der Waals surface area contributed by atoms with Gasteiger partial charge in [-0.25, -0.2) is 4.57 Å². The topological polar surface area (TPSA) is 109 Å². The smallest absolute Gasteiger partial charge is 0.268 e. The number of carbonyl (C=O) groups excluding carboxylic acids is 2. The fourth-order valence-electron chi connectivity index (χ4n) is 5.41. The first kappa shape index (κ1) is 36.1. The number of imide groups is 1. The zero-order chi connectivity index (χ0) is 31.5. The molecule has 9 nitrogen and oxygen atoms in total. The number of pyridine rings is 1. The molecule has 3 rings (SSSR count). The summed E-state index contributed by atoms with van der Waals surface area (Å²) < 4.78 is 30.3. The van der Waals surface area contributed by atoms with Gasteiger partial charge in [0.15, 0.2) is 18.9 Å². The van der Waals surface area contributed by atoms with Crippen molar-refractivity contribution >= 4 is 19.6 Å². The van der Waals surface area contributed by atoms with Gasteiger partial charge in [0.05, 0.1) is 30.4 Å². The first-order valence-electron chi connectivity index (χ1n) is 16.5. The Balaban J connectivity index is 1.36. The van der Waals surface area contributed by atoms with Crippen LogP contribution in [0.1, 0.15) is 118 Å². The molecule has 1 aliphatic heterocycles. The van der Waals surface area contributed by atoms with Crippen LogP contribution < -0.4 is 9.46 Å². The molecule has 2 heterocycles. The van der Waals surface area contributed by atoms with Crippen molar-refractivity contribution < 1.29 is 37.4 Å². The van der Waals surface area contributed by atoms with E-state index >= 15 is 0 Å². The molecule has 2 aromatic rings. The number of ether oxygens (including phenoxy) is 1. The Kier molecular flexibility index (Phi) is 16.9. The van der Waals surface area contributed by atoms with Gasteiger partial charge >= 0.3 is 0 Å². The standard InChI is InChI=1S/C34H51N2O7P/c1-2-3-4-5-6-7-8-9-10-11-12-13-14-20-26-41-28-30(36-33(37)31-21-16-17-22-32(31)34(36)38)29-43-44(39,40)42-27-25-35-23-18-15-19-24-35/h15-19,21-24,30H,2-14,20,25-29H2,1H3. The van der Waals surface area contributed by atoms with E-state index in [2.05, 4.69) is 6.92 Å². The molecule has 0 spiro atoms. The summed E-state index contributed by atoms with van der Waals surface area (Å²) in [4.78, 5) is 39.7. The van der Waals surface area contributed by atoms with Crippen molar-refractivity contribution in [3.05, 3.63) is 66.0 Å². The summed E-state index contributed by atoms with van der Waals surface area (Å²) in [6.45, 7) is 2.46. The van der Waals surface area contributed by atoms with Gasteiger partial charge in [-0.2, -0.15) is 0 Å². The molecule has 0 saturated carbocycles. The molecule has 2 amide bonds. The summed E-state index contributed by atoms with van der Waals surface area (Å²) in [5.74, 6) is -0.970. The van der Waals surface area contributed by atoms with Crippen molar-refractivity contribution in [3.63, 3.8) is 0 Å². The minimum Gasteiger partial charge on any atom is -0.756 e. The number of phosphoric ester groups is 1.